The van der Waals surface area contributed by atoms with E-state index in [4.69, 9.17) is 4.74 Å². The van der Waals surface area contributed by atoms with Gasteiger partial charge in [0.15, 0.2) is 0 Å². The molecule has 92 valence electrons. The Morgan fingerprint density at radius 1 is 1.41 bits per heavy atom. The van der Waals surface area contributed by atoms with Gasteiger partial charge in [-0.1, -0.05) is 42.0 Å². The molecule has 17 heavy (non-hydrogen) atoms. The van der Waals surface area contributed by atoms with Crippen molar-refractivity contribution in [3.05, 3.63) is 41.5 Å². The van der Waals surface area contributed by atoms with Crippen LogP contribution < -0.4 is 5.32 Å². The molecular formula is C15H21NO. The molecule has 1 unspecified atom stereocenters. The zero-order valence-corrected chi connectivity index (χ0v) is 10.5. The van der Waals surface area contributed by atoms with Crippen molar-refractivity contribution in [2.75, 3.05) is 19.7 Å². The lowest BCUT2D eigenvalue weighted by atomic mass is 10.1. The summed E-state index contributed by atoms with van der Waals surface area (Å²) in [5.41, 5.74) is 2.62. The van der Waals surface area contributed by atoms with E-state index in [-0.39, 0.29) is 0 Å². The minimum Gasteiger partial charge on any atom is -0.377 e. The molecule has 1 aromatic carbocycles. The Hall–Kier alpha value is -1.12. The van der Waals surface area contributed by atoms with Gasteiger partial charge in [-0.25, -0.2) is 0 Å². The maximum absolute atomic E-state index is 5.57. The van der Waals surface area contributed by atoms with Gasteiger partial charge in [0, 0.05) is 19.7 Å². The topological polar surface area (TPSA) is 21.3 Å². The molecule has 1 fully saturated rings. The summed E-state index contributed by atoms with van der Waals surface area (Å²) in [6.45, 7) is 5.01. The molecule has 1 aromatic rings. The Morgan fingerprint density at radius 2 is 2.24 bits per heavy atom. The van der Waals surface area contributed by atoms with Crippen LogP contribution in [0.4, 0.5) is 0 Å². The highest BCUT2D eigenvalue weighted by Crippen LogP contribution is 2.11. The van der Waals surface area contributed by atoms with Crippen LogP contribution in [0.1, 0.15) is 25.3 Å². The van der Waals surface area contributed by atoms with Gasteiger partial charge >= 0.3 is 0 Å². The molecule has 1 N–H and O–H groups in total. The molecule has 0 saturated carbocycles. The highest BCUT2D eigenvalue weighted by Gasteiger charge is 2.14. The summed E-state index contributed by atoms with van der Waals surface area (Å²) in [5, 5.41) is 3.45. The quantitative estimate of drug-likeness (QED) is 0.841. The predicted octanol–water partition coefficient (Wildman–Crippen LogP) is 2.86. The van der Waals surface area contributed by atoms with Crippen LogP contribution >= 0.6 is 0 Å². The third-order valence-corrected chi connectivity index (χ3v) is 3.01. The van der Waals surface area contributed by atoms with Crippen molar-refractivity contribution in [3.8, 4) is 0 Å². The van der Waals surface area contributed by atoms with E-state index in [1.54, 1.807) is 0 Å². The van der Waals surface area contributed by atoms with Crippen molar-refractivity contribution in [1.82, 2.24) is 5.32 Å². The summed E-state index contributed by atoms with van der Waals surface area (Å²) in [6.07, 6.45) is 5.07. The molecule has 0 amide bonds. The monoisotopic (exact) mass is 231 g/mol. The molecule has 0 radical (unpaired) electrons. The Bertz CT molecular complexity index is 352. The first kappa shape index (κ1) is 12.3. The van der Waals surface area contributed by atoms with Gasteiger partial charge in [-0.05, 0) is 25.3 Å². The molecule has 1 atom stereocenters. The minimum atomic E-state index is 0.430. The van der Waals surface area contributed by atoms with Crippen molar-refractivity contribution in [2.45, 2.75) is 25.9 Å². The fourth-order valence-corrected chi connectivity index (χ4v) is 2.12. The van der Waals surface area contributed by atoms with Crippen molar-refractivity contribution in [1.29, 1.82) is 0 Å². The maximum Gasteiger partial charge on any atom is 0.0700 e. The van der Waals surface area contributed by atoms with E-state index < -0.39 is 0 Å². The second kappa shape index (κ2) is 6.58. The van der Waals surface area contributed by atoms with Crippen LogP contribution in [0.15, 0.2) is 35.9 Å². The SMILES string of the molecule is C/C(=C/c1ccccc1)CNCC1CCCO1. The first-order valence-corrected chi connectivity index (χ1v) is 6.39. The number of benzene rings is 1. The van der Waals surface area contributed by atoms with Crippen molar-refractivity contribution >= 4 is 6.08 Å². The number of rotatable bonds is 5. The van der Waals surface area contributed by atoms with Gasteiger partial charge in [-0.15, -0.1) is 0 Å². The number of hydrogen-bond donors (Lipinski definition) is 1. The van der Waals surface area contributed by atoms with Crippen LogP contribution in [-0.4, -0.2) is 25.8 Å². The Balaban J connectivity index is 1.73. The van der Waals surface area contributed by atoms with Crippen molar-refractivity contribution in [2.24, 2.45) is 0 Å². The normalized spacial score (nSPS) is 20.8. The number of nitrogens with one attached hydrogen (secondary N) is 1. The zero-order chi connectivity index (χ0) is 11.9. The van der Waals surface area contributed by atoms with E-state index in [1.165, 1.54) is 24.0 Å². The summed E-state index contributed by atoms with van der Waals surface area (Å²) in [6, 6.07) is 10.4. The molecule has 0 spiro atoms. The van der Waals surface area contributed by atoms with Crippen LogP contribution in [-0.2, 0) is 4.74 Å². The third kappa shape index (κ3) is 4.33. The molecular weight excluding hydrogens is 210 g/mol. The van der Waals surface area contributed by atoms with Gasteiger partial charge in [0.25, 0.3) is 0 Å². The molecule has 0 aliphatic carbocycles. The Labute approximate surface area is 104 Å². The van der Waals surface area contributed by atoms with Crippen LogP contribution in [0.25, 0.3) is 6.08 Å². The van der Waals surface area contributed by atoms with Gasteiger partial charge in [0.05, 0.1) is 6.10 Å². The standard InChI is InChI=1S/C15H21NO/c1-13(10-14-6-3-2-4-7-14)11-16-12-15-8-5-9-17-15/h2-4,6-7,10,15-16H,5,8-9,11-12H2,1H3/b13-10-. The van der Waals surface area contributed by atoms with Gasteiger partial charge < -0.3 is 10.1 Å². The minimum absolute atomic E-state index is 0.430. The van der Waals surface area contributed by atoms with Crippen molar-refractivity contribution in [3.63, 3.8) is 0 Å². The lowest BCUT2D eigenvalue weighted by Crippen LogP contribution is -2.27. The van der Waals surface area contributed by atoms with Crippen LogP contribution in [0.5, 0.6) is 0 Å². The largest absolute Gasteiger partial charge is 0.377 e. The maximum atomic E-state index is 5.57. The molecule has 1 aliphatic heterocycles. The fraction of sp³-hybridized carbons (Fsp3) is 0.467. The summed E-state index contributed by atoms with van der Waals surface area (Å²) >= 11 is 0. The fourth-order valence-electron chi connectivity index (χ4n) is 2.12. The number of hydrogen-bond acceptors (Lipinski definition) is 2. The first-order chi connectivity index (χ1) is 8.34. The van der Waals surface area contributed by atoms with E-state index >= 15 is 0 Å². The van der Waals surface area contributed by atoms with Gasteiger partial charge in [0.1, 0.15) is 0 Å². The van der Waals surface area contributed by atoms with E-state index in [1.807, 2.05) is 6.07 Å². The third-order valence-electron chi connectivity index (χ3n) is 3.01. The summed E-state index contributed by atoms with van der Waals surface area (Å²) in [7, 11) is 0. The number of ether oxygens (including phenoxy) is 1. The summed E-state index contributed by atoms with van der Waals surface area (Å²) < 4.78 is 5.57. The Kier molecular flexibility index (Phi) is 4.77. The zero-order valence-electron chi connectivity index (χ0n) is 10.5. The van der Waals surface area contributed by atoms with Crippen molar-refractivity contribution < 1.29 is 4.74 Å². The molecule has 1 aliphatic rings. The summed E-state index contributed by atoms with van der Waals surface area (Å²) in [4.78, 5) is 0. The molecule has 1 heterocycles. The second-order valence-electron chi connectivity index (χ2n) is 4.67. The second-order valence-corrected chi connectivity index (χ2v) is 4.67. The molecule has 0 aromatic heterocycles. The van der Waals surface area contributed by atoms with E-state index in [0.717, 1.165) is 19.7 Å². The highest BCUT2D eigenvalue weighted by molar-refractivity contribution is 5.52. The van der Waals surface area contributed by atoms with Gasteiger partial charge in [-0.2, -0.15) is 0 Å². The molecule has 0 bridgehead atoms. The lowest BCUT2D eigenvalue weighted by molar-refractivity contribution is 0.111. The Morgan fingerprint density at radius 3 is 2.94 bits per heavy atom. The van der Waals surface area contributed by atoms with Gasteiger partial charge in [0.2, 0.25) is 0 Å². The average molecular weight is 231 g/mol. The molecule has 2 heteroatoms. The van der Waals surface area contributed by atoms with E-state index in [0.29, 0.717) is 6.10 Å². The smallest absolute Gasteiger partial charge is 0.0700 e. The van der Waals surface area contributed by atoms with E-state index in [2.05, 4.69) is 42.6 Å². The van der Waals surface area contributed by atoms with Crippen LogP contribution in [0.3, 0.4) is 0 Å². The lowest BCUT2D eigenvalue weighted by Gasteiger charge is -2.10. The highest BCUT2D eigenvalue weighted by atomic mass is 16.5. The molecule has 2 rings (SSSR count). The summed E-state index contributed by atoms with van der Waals surface area (Å²) in [5.74, 6) is 0. The van der Waals surface area contributed by atoms with Gasteiger partial charge in [-0.3, -0.25) is 0 Å². The van der Waals surface area contributed by atoms with Crippen LogP contribution in [0, 0.1) is 0 Å². The molecule has 2 nitrogen and oxygen atoms in total. The van der Waals surface area contributed by atoms with Crippen LogP contribution in [0.2, 0.25) is 0 Å². The predicted molar refractivity (Wildman–Crippen MR) is 71.9 cm³/mol. The first-order valence-electron chi connectivity index (χ1n) is 6.39. The average Bonchev–Trinajstić information content (AvgIpc) is 2.83. The molecule has 1 saturated heterocycles. The van der Waals surface area contributed by atoms with E-state index in [9.17, 15) is 0 Å².